The second-order valence-electron chi connectivity index (χ2n) is 4.84. The number of hydrogen-bond donors (Lipinski definition) is 1. The molecule has 0 spiro atoms. The van der Waals surface area contributed by atoms with E-state index in [-0.39, 0.29) is 22.5 Å². The van der Waals surface area contributed by atoms with E-state index in [9.17, 15) is 9.59 Å². The number of nitrogens with one attached hydrogen (secondary N) is 1. The van der Waals surface area contributed by atoms with E-state index in [0.29, 0.717) is 17.0 Å². The van der Waals surface area contributed by atoms with Crippen LogP contribution in [0.3, 0.4) is 0 Å². The molecule has 0 fully saturated rings. The Hall–Kier alpha value is -1.63. The molecule has 2 aromatic heterocycles. The van der Waals surface area contributed by atoms with Crippen LogP contribution >= 0.6 is 34.5 Å². The van der Waals surface area contributed by atoms with Gasteiger partial charge in [0.25, 0.3) is 5.91 Å². The van der Waals surface area contributed by atoms with Gasteiger partial charge in [-0.25, -0.2) is 9.78 Å². The predicted octanol–water partition coefficient (Wildman–Crippen LogP) is 4.75. The molecule has 2 rings (SSSR count). The predicted molar refractivity (Wildman–Crippen MR) is 96.6 cm³/mol. The maximum absolute atomic E-state index is 12.5. The van der Waals surface area contributed by atoms with Crippen molar-refractivity contribution in [3.05, 3.63) is 44.0 Å². The Balaban J connectivity index is 2.38. The molecule has 0 saturated heterocycles. The monoisotopic (exact) mass is 386 g/mol. The molecule has 0 aliphatic heterocycles. The van der Waals surface area contributed by atoms with Gasteiger partial charge in [0.05, 0.1) is 17.7 Å². The summed E-state index contributed by atoms with van der Waals surface area (Å²) >= 11 is 13.0. The number of aryl methyl sites for hydroxylation is 1. The van der Waals surface area contributed by atoms with Crippen LogP contribution in [0.25, 0.3) is 0 Å². The number of carbonyl (C=O) groups is 2. The Morgan fingerprint density at radius 1 is 1.29 bits per heavy atom. The number of nitrogens with zero attached hydrogens (tertiary/aromatic N) is 1. The molecule has 0 aliphatic rings. The van der Waals surface area contributed by atoms with E-state index in [2.05, 4.69) is 10.3 Å². The number of anilines is 1. The van der Waals surface area contributed by atoms with Crippen molar-refractivity contribution in [2.24, 2.45) is 0 Å². The van der Waals surface area contributed by atoms with Gasteiger partial charge >= 0.3 is 5.97 Å². The van der Waals surface area contributed by atoms with Gasteiger partial charge in [-0.2, -0.15) is 0 Å². The summed E-state index contributed by atoms with van der Waals surface area (Å²) in [7, 11) is 0. The van der Waals surface area contributed by atoms with Gasteiger partial charge in [-0.05, 0) is 38.0 Å². The first-order chi connectivity index (χ1) is 11.4. The molecule has 0 aliphatic carbocycles. The van der Waals surface area contributed by atoms with Crippen molar-refractivity contribution in [2.45, 2.75) is 27.2 Å². The molecule has 0 aromatic carbocycles. The highest BCUT2D eigenvalue weighted by Gasteiger charge is 2.24. The number of carbonyl (C=O) groups excluding carboxylic acids is 2. The molecule has 0 saturated carbocycles. The third-order valence-corrected chi connectivity index (χ3v) is 4.89. The van der Waals surface area contributed by atoms with Crippen LogP contribution in [0, 0.1) is 6.92 Å². The van der Waals surface area contributed by atoms with Gasteiger partial charge in [0, 0.05) is 4.88 Å². The molecule has 2 aromatic rings. The molecule has 128 valence electrons. The molecule has 5 nitrogen and oxygen atoms in total. The quantitative estimate of drug-likeness (QED) is 0.594. The van der Waals surface area contributed by atoms with E-state index in [1.807, 2.05) is 13.8 Å². The van der Waals surface area contributed by atoms with Gasteiger partial charge in [-0.1, -0.05) is 30.1 Å². The highest BCUT2D eigenvalue weighted by molar-refractivity contribution is 7.16. The Kier molecular flexibility index (Phi) is 6.21. The van der Waals surface area contributed by atoms with Crippen LogP contribution in [0.15, 0.2) is 12.1 Å². The number of rotatable bonds is 5. The third-order valence-electron chi connectivity index (χ3n) is 3.33. The molecular weight excluding hydrogens is 371 g/mol. The van der Waals surface area contributed by atoms with Crippen LogP contribution < -0.4 is 5.32 Å². The summed E-state index contributed by atoms with van der Waals surface area (Å²) in [4.78, 5) is 29.5. The van der Waals surface area contributed by atoms with Crippen molar-refractivity contribution in [1.82, 2.24) is 4.98 Å². The average molecular weight is 387 g/mol. The lowest BCUT2D eigenvalue weighted by atomic mass is 10.1. The molecule has 0 bridgehead atoms. The van der Waals surface area contributed by atoms with Crippen molar-refractivity contribution in [3.63, 3.8) is 0 Å². The zero-order valence-corrected chi connectivity index (χ0v) is 15.7. The van der Waals surface area contributed by atoms with E-state index in [0.717, 1.165) is 10.4 Å². The number of ether oxygens (including phenoxy) is 1. The Morgan fingerprint density at radius 3 is 2.58 bits per heavy atom. The second-order valence-corrected chi connectivity index (χ2v) is 6.81. The Labute approximate surface area is 153 Å². The van der Waals surface area contributed by atoms with Gasteiger partial charge in [0.15, 0.2) is 0 Å². The van der Waals surface area contributed by atoms with E-state index in [4.69, 9.17) is 27.9 Å². The fourth-order valence-electron chi connectivity index (χ4n) is 2.26. The van der Waals surface area contributed by atoms with E-state index >= 15 is 0 Å². The molecular formula is C16H16Cl2N2O3S. The smallest absolute Gasteiger partial charge is 0.341 e. The fourth-order valence-corrected chi connectivity index (χ4v) is 3.82. The number of amides is 1. The van der Waals surface area contributed by atoms with Crippen molar-refractivity contribution < 1.29 is 14.3 Å². The second kappa shape index (κ2) is 7.96. The molecule has 8 heteroatoms. The number of halogens is 2. The van der Waals surface area contributed by atoms with Gasteiger partial charge in [0.1, 0.15) is 15.3 Å². The van der Waals surface area contributed by atoms with Gasteiger partial charge in [-0.15, -0.1) is 11.3 Å². The fraction of sp³-hybridized carbons (Fsp3) is 0.312. The minimum absolute atomic E-state index is 0.00155. The van der Waals surface area contributed by atoms with E-state index < -0.39 is 11.9 Å². The first-order valence-corrected chi connectivity index (χ1v) is 8.89. The van der Waals surface area contributed by atoms with E-state index in [1.165, 1.54) is 23.5 Å². The van der Waals surface area contributed by atoms with Crippen LogP contribution in [-0.2, 0) is 11.2 Å². The van der Waals surface area contributed by atoms with Gasteiger partial charge < -0.3 is 10.1 Å². The standard InChI is InChI=1S/C16H16Cl2N2O3S/c1-4-9-8(3)24-15(12(9)16(22)23-5-2)20-14(21)10-6-7-11(17)19-13(10)18/h6-7H,4-5H2,1-3H3,(H,20,21). The topological polar surface area (TPSA) is 68.3 Å². The molecule has 2 heterocycles. The SMILES string of the molecule is CCOC(=O)c1c(NC(=O)c2ccc(Cl)nc2Cl)sc(C)c1CC. The van der Waals surface area contributed by atoms with Crippen LogP contribution in [0.5, 0.6) is 0 Å². The van der Waals surface area contributed by atoms with Crippen LogP contribution in [-0.4, -0.2) is 23.5 Å². The minimum Gasteiger partial charge on any atom is -0.462 e. The normalized spacial score (nSPS) is 10.5. The summed E-state index contributed by atoms with van der Waals surface area (Å²) in [5.41, 5.74) is 1.45. The summed E-state index contributed by atoms with van der Waals surface area (Å²) in [5.74, 6) is -0.909. The van der Waals surface area contributed by atoms with E-state index in [1.54, 1.807) is 6.92 Å². The van der Waals surface area contributed by atoms with Gasteiger partial charge in [0.2, 0.25) is 0 Å². The molecule has 24 heavy (non-hydrogen) atoms. The summed E-state index contributed by atoms with van der Waals surface area (Å²) in [6, 6.07) is 2.96. The van der Waals surface area contributed by atoms with Crippen molar-refractivity contribution in [1.29, 1.82) is 0 Å². The largest absolute Gasteiger partial charge is 0.462 e. The first kappa shape index (κ1) is 18.7. The summed E-state index contributed by atoms with van der Waals surface area (Å²) in [5, 5.41) is 3.38. The zero-order chi connectivity index (χ0) is 17.9. The number of thiophene rings is 1. The van der Waals surface area contributed by atoms with Crippen molar-refractivity contribution >= 4 is 51.4 Å². The summed E-state index contributed by atoms with van der Waals surface area (Å²) in [6.07, 6.45) is 0.662. The van der Waals surface area contributed by atoms with Crippen molar-refractivity contribution in [3.8, 4) is 0 Å². The number of hydrogen-bond acceptors (Lipinski definition) is 5. The minimum atomic E-state index is -0.460. The lowest BCUT2D eigenvalue weighted by Gasteiger charge is -2.08. The maximum Gasteiger partial charge on any atom is 0.341 e. The summed E-state index contributed by atoms with van der Waals surface area (Å²) in [6.45, 7) is 5.85. The Morgan fingerprint density at radius 2 is 2.00 bits per heavy atom. The number of aromatic nitrogens is 1. The first-order valence-electron chi connectivity index (χ1n) is 7.31. The lowest BCUT2D eigenvalue weighted by Crippen LogP contribution is -2.16. The van der Waals surface area contributed by atoms with Crippen molar-refractivity contribution in [2.75, 3.05) is 11.9 Å². The maximum atomic E-state index is 12.5. The highest BCUT2D eigenvalue weighted by atomic mass is 35.5. The average Bonchev–Trinajstić information content (AvgIpc) is 2.82. The molecule has 0 unspecified atom stereocenters. The highest BCUT2D eigenvalue weighted by Crippen LogP contribution is 2.34. The number of esters is 1. The van der Waals surface area contributed by atoms with Crippen LogP contribution in [0.4, 0.5) is 5.00 Å². The third kappa shape index (κ3) is 3.88. The lowest BCUT2D eigenvalue weighted by molar-refractivity contribution is 0.0527. The number of pyridine rings is 1. The molecule has 1 amide bonds. The molecule has 1 N–H and O–H groups in total. The molecule has 0 radical (unpaired) electrons. The molecule has 0 atom stereocenters. The summed E-state index contributed by atoms with van der Waals surface area (Å²) < 4.78 is 5.11. The van der Waals surface area contributed by atoms with Gasteiger partial charge in [-0.3, -0.25) is 4.79 Å². The van der Waals surface area contributed by atoms with Crippen LogP contribution in [0.2, 0.25) is 10.3 Å². The Bertz CT molecular complexity index is 790. The zero-order valence-electron chi connectivity index (χ0n) is 13.4. The van der Waals surface area contributed by atoms with Crippen LogP contribution in [0.1, 0.15) is 45.0 Å².